The molecule has 0 aromatic rings. The Hall–Kier alpha value is -0.170. The monoisotopic (exact) mass is 292 g/mol. The molecule has 5 nitrogen and oxygen atoms in total. The molecule has 0 aromatic heterocycles. The van der Waals surface area contributed by atoms with Gasteiger partial charge in [0, 0.05) is 18.6 Å². The number of hydrogen-bond donors (Lipinski definition) is 3. The van der Waals surface area contributed by atoms with Crippen LogP contribution in [-0.4, -0.2) is 45.0 Å². The molecule has 2 atom stereocenters. The van der Waals surface area contributed by atoms with Crippen LogP contribution >= 0.6 is 0 Å². The van der Waals surface area contributed by atoms with Crippen LogP contribution in [0.1, 0.15) is 40.0 Å². The van der Waals surface area contributed by atoms with Crippen molar-refractivity contribution < 1.29 is 13.5 Å². The van der Waals surface area contributed by atoms with E-state index >= 15 is 0 Å². The first kappa shape index (κ1) is 16.9. The van der Waals surface area contributed by atoms with Crippen LogP contribution < -0.4 is 10.0 Å². The predicted octanol–water partition coefficient (Wildman–Crippen LogP) is 0.703. The van der Waals surface area contributed by atoms with E-state index in [-0.39, 0.29) is 17.6 Å². The third kappa shape index (κ3) is 5.77. The van der Waals surface area contributed by atoms with Gasteiger partial charge < -0.3 is 10.4 Å². The second kappa shape index (κ2) is 6.08. The molecule has 1 aliphatic rings. The zero-order valence-corrected chi connectivity index (χ0v) is 13.3. The Morgan fingerprint density at radius 2 is 1.89 bits per heavy atom. The minimum absolute atomic E-state index is 0.0969. The standard InChI is InChI=1S/C13H28N2O3S/c1-11-7-12(2,3)9-13(8-11,10-16)14-5-6-15-19(4,17)18/h11,14-16H,5-10H2,1-4H3. The Bertz CT molecular complexity index is 395. The van der Waals surface area contributed by atoms with Crippen molar-refractivity contribution in [3.05, 3.63) is 0 Å². The molecular formula is C13H28N2O3S. The molecule has 1 fully saturated rings. The van der Waals surface area contributed by atoms with Gasteiger partial charge in [-0.3, -0.25) is 0 Å². The molecule has 0 radical (unpaired) electrons. The fourth-order valence-corrected chi connectivity index (χ4v) is 4.09. The maximum absolute atomic E-state index is 11.0. The first-order valence-electron chi connectivity index (χ1n) is 6.88. The molecule has 3 N–H and O–H groups in total. The molecule has 1 aliphatic carbocycles. The van der Waals surface area contributed by atoms with Crippen molar-refractivity contribution in [1.29, 1.82) is 0 Å². The zero-order chi connectivity index (χ0) is 14.7. The molecule has 2 unspecified atom stereocenters. The summed E-state index contributed by atoms with van der Waals surface area (Å²) in [6.45, 7) is 7.65. The highest BCUT2D eigenvalue weighted by atomic mass is 32.2. The Labute approximate surface area is 117 Å². The number of nitrogens with one attached hydrogen (secondary N) is 2. The van der Waals surface area contributed by atoms with E-state index in [0.29, 0.717) is 19.0 Å². The van der Waals surface area contributed by atoms with E-state index in [1.54, 1.807) is 0 Å². The van der Waals surface area contributed by atoms with Crippen LogP contribution in [0.15, 0.2) is 0 Å². The fourth-order valence-electron chi connectivity index (χ4n) is 3.62. The summed E-state index contributed by atoms with van der Waals surface area (Å²) in [6, 6.07) is 0. The summed E-state index contributed by atoms with van der Waals surface area (Å²) >= 11 is 0. The summed E-state index contributed by atoms with van der Waals surface area (Å²) in [6.07, 6.45) is 4.17. The van der Waals surface area contributed by atoms with E-state index in [9.17, 15) is 13.5 Å². The van der Waals surface area contributed by atoms with E-state index in [1.165, 1.54) is 0 Å². The summed E-state index contributed by atoms with van der Waals surface area (Å²) in [5.74, 6) is 0.561. The van der Waals surface area contributed by atoms with Crippen LogP contribution in [0.5, 0.6) is 0 Å². The normalized spacial score (nSPS) is 31.3. The van der Waals surface area contributed by atoms with Crippen LogP contribution in [0.2, 0.25) is 0 Å². The van der Waals surface area contributed by atoms with Crippen LogP contribution in [0, 0.1) is 11.3 Å². The third-order valence-corrected chi connectivity index (χ3v) is 4.48. The van der Waals surface area contributed by atoms with Gasteiger partial charge in [-0.1, -0.05) is 20.8 Å². The summed E-state index contributed by atoms with van der Waals surface area (Å²) in [5.41, 5.74) is -0.0714. The minimum atomic E-state index is -3.14. The van der Waals surface area contributed by atoms with Gasteiger partial charge in [0.05, 0.1) is 12.9 Å². The van der Waals surface area contributed by atoms with Crippen LogP contribution in [-0.2, 0) is 10.0 Å². The van der Waals surface area contributed by atoms with Gasteiger partial charge in [-0.25, -0.2) is 13.1 Å². The maximum Gasteiger partial charge on any atom is 0.208 e. The van der Waals surface area contributed by atoms with Gasteiger partial charge >= 0.3 is 0 Å². The first-order chi connectivity index (χ1) is 8.58. The molecule has 0 bridgehead atoms. The molecule has 19 heavy (non-hydrogen) atoms. The van der Waals surface area contributed by atoms with Gasteiger partial charge in [0.1, 0.15) is 0 Å². The average Bonchev–Trinajstić information content (AvgIpc) is 2.20. The molecular weight excluding hydrogens is 264 g/mol. The molecule has 0 saturated heterocycles. The molecule has 0 amide bonds. The van der Waals surface area contributed by atoms with Crippen molar-refractivity contribution in [1.82, 2.24) is 10.0 Å². The van der Waals surface area contributed by atoms with E-state index < -0.39 is 10.0 Å². The van der Waals surface area contributed by atoms with Crippen molar-refractivity contribution in [2.45, 2.75) is 45.6 Å². The molecule has 0 heterocycles. The quantitative estimate of drug-likeness (QED) is 0.630. The van der Waals surface area contributed by atoms with Crippen LogP contribution in [0.25, 0.3) is 0 Å². The van der Waals surface area contributed by atoms with E-state index in [4.69, 9.17) is 0 Å². The summed E-state index contributed by atoms with van der Waals surface area (Å²) < 4.78 is 24.5. The Kier molecular flexibility index (Phi) is 5.40. The lowest BCUT2D eigenvalue weighted by Crippen LogP contribution is -2.56. The number of hydrogen-bond acceptors (Lipinski definition) is 4. The van der Waals surface area contributed by atoms with Crippen LogP contribution in [0.4, 0.5) is 0 Å². The Morgan fingerprint density at radius 3 is 2.37 bits per heavy atom. The van der Waals surface area contributed by atoms with Crippen molar-refractivity contribution in [2.24, 2.45) is 11.3 Å². The molecule has 114 valence electrons. The van der Waals surface area contributed by atoms with Gasteiger partial charge in [-0.15, -0.1) is 0 Å². The van der Waals surface area contributed by atoms with Crippen molar-refractivity contribution in [2.75, 3.05) is 26.0 Å². The van der Waals surface area contributed by atoms with Gasteiger partial charge in [0.2, 0.25) is 10.0 Å². The second-order valence-electron chi connectivity index (χ2n) is 6.89. The number of sulfonamides is 1. The van der Waals surface area contributed by atoms with E-state index in [1.807, 2.05) is 0 Å². The number of aliphatic hydroxyl groups is 1. The average molecular weight is 292 g/mol. The van der Waals surface area contributed by atoms with Crippen LogP contribution in [0.3, 0.4) is 0 Å². The summed E-state index contributed by atoms with van der Waals surface area (Å²) in [5, 5.41) is 13.1. The van der Waals surface area contributed by atoms with Gasteiger partial charge in [-0.2, -0.15) is 0 Å². The van der Waals surface area contributed by atoms with Crippen molar-refractivity contribution in [3.63, 3.8) is 0 Å². The fraction of sp³-hybridized carbons (Fsp3) is 1.00. The second-order valence-corrected chi connectivity index (χ2v) is 8.72. The lowest BCUT2D eigenvalue weighted by Gasteiger charge is -2.47. The maximum atomic E-state index is 11.0. The highest BCUT2D eigenvalue weighted by Crippen LogP contribution is 2.43. The lowest BCUT2D eigenvalue weighted by atomic mass is 9.64. The number of rotatable bonds is 6. The molecule has 0 aliphatic heterocycles. The van der Waals surface area contributed by atoms with Crippen molar-refractivity contribution in [3.8, 4) is 0 Å². The minimum Gasteiger partial charge on any atom is -0.394 e. The largest absolute Gasteiger partial charge is 0.394 e. The van der Waals surface area contributed by atoms with Gasteiger partial charge in [0.15, 0.2) is 0 Å². The van der Waals surface area contributed by atoms with E-state index in [2.05, 4.69) is 30.8 Å². The van der Waals surface area contributed by atoms with Crippen molar-refractivity contribution >= 4 is 10.0 Å². The zero-order valence-electron chi connectivity index (χ0n) is 12.5. The molecule has 1 rings (SSSR count). The topological polar surface area (TPSA) is 78.4 Å². The summed E-state index contributed by atoms with van der Waals surface area (Å²) in [4.78, 5) is 0. The third-order valence-electron chi connectivity index (χ3n) is 3.75. The first-order valence-corrected chi connectivity index (χ1v) is 8.77. The molecule has 6 heteroatoms. The molecule has 1 saturated carbocycles. The van der Waals surface area contributed by atoms with Gasteiger partial charge in [0.25, 0.3) is 0 Å². The molecule has 0 spiro atoms. The highest BCUT2D eigenvalue weighted by Gasteiger charge is 2.42. The van der Waals surface area contributed by atoms with Gasteiger partial charge in [-0.05, 0) is 30.6 Å². The Balaban J connectivity index is 2.56. The smallest absolute Gasteiger partial charge is 0.208 e. The Morgan fingerprint density at radius 1 is 1.26 bits per heavy atom. The number of aliphatic hydroxyl groups excluding tert-OH is 1. The molecule has 0 aromatic carbocycles. The highest BCUT2D eigenvalue weighted by molar-refractivity contribution is 7.88. The SMILES string of the molecule is CC1CC(C)(C)CC(CO)(NCCNS(C)(=O)=O)C1. The summed E-state index contributed by atoms with van der Waals surface area (Å²) in [7, 11) is -3.14. The lowest BCUT2D eigenvalue weighted by molar-refractivity contribution is 0.0371. The van der Waals surface area contributed by atoms with E-state index in [0.717, 1.165) is 25.5 Å². The predicted molar refractivity (Wildman–Crippen MR) is 77.5 cm³/mol.